The van der Waals surface area contributed by atoms with E-state index in [0.717, 1.165) is 11.5 Å². The Morgan fingerprint density at radius 1 is 1.03 bits per heavy atom. The summed E-state index contributed by atoms with van der Waals surface area (Å²) >= 11 is 0. The van der Waals surface area contributed by atoms with E-state index in [1.165, 1.54) is 28.4 Å². The summed E-state index contributed by atoms with van der Waals surface area (Å²) in [6.07, 6.45) is 2.45. The zero-order chi connectivity index (χ0) is 23.7. The molecule has 0 saturated carbocycles. The van der Waals surface area contributed by atoms with Gasteiger partial charge in [-0.15, -0.1) is 0 Å². The maximum atomic E-state index is 13.5. The summed E-state index contributed by atoms with van der Waals surface area (Å²) in [4.78, 5) is 26.5. The SMILES string of the molecule is COC(=O)C1=C(C)NC2=C(C(=O)CC(c3ccco3)C2)C1c1cc(OC)c(OC)cc1OC. The highest BCUT2D eigenvalue weighted by atomic mass is 16.5. The van der Waals surface area contributed by atoms with Crippen LogP contribution in [0.4, 0.5) is 0 Å². The van der Waals surface area contributed by atoms with Gasteiger partial charge in [0.15, 0.2) is 17.3 Å². The first-order chi connectivity index (χ1) is 15.9. The van der Waals surface area contributed by atoms with Crippen LogP contribution in [0, 0.1) is 0 Å². The highest BCUT2D eigenvalue weighted by molar-refractivity contribution is 6.04. The fourth-order valence-corrected chi connectivity index (χ4v) is 4.73. The van der Waals surface area contributed by atoms with Crippen LogP contribution in [0.5, 0.6) is 17.2 Å². The van der Waals surface area contributed by atoms with Crippen molar-refractivity contribution < 1.29 is 33.0 Å². The van der Waals surface area contributed by atoms with Crippen molar-refractivity contribution in [2.24, 2.45) is 0 Å². The summed E-state index contributed by atoms with van der Waals surface area (Å²) in [5.41, 5.74) is 2.88. The van der Waals surface area contributed by atoms with E-state index in [0.29, 0.717) is 46.1 Å². The Bertz CT molecular complexity index is 1140. The summed E-state index contributed by atoms with van der Waals surface area (Å²) in [5.74, 6) is 0.823. The largest absolute Gasteiger partial charge is 0.496 e. The van der Waals surface area contributed by atoms with Gasteiger partial charge >= 0.3 is 5.97 Å². The van der Waals surface area contributed by atoms with Gasteiger partial charge in [-0.1, -0.05) is 0 Å². The molecule has 0 saturated heterocycles. The number of benzene rings is 1. The summed E-state index contributed by atoms with van der Waals surface area (Å²) in [7, 11) is 5.92. The van der Waals surface area contributed by atoms with Crippen LogP contribution in [-0.2, 0) is 14.3 Å². The van der Waals surface area contributed by atoms with Gasteiger partial charge < -0.3 is 28.7 Å². The minimum atomic E-state index is -0.687. The molecule has 1 aromatic heterocycles. The highest BCUT2D eigenvalue weighted by Crippen LogP contribution is 2.49. The number of Topliss-reactive ketones (excluding diaryl/α,β-unsaturated/α-hetero) is 1. The van der Waals surface area contributed by atoms with Gasteiger partial charge in [-0.2, -0.15) is 0 Å². The molecule has 0 bridgehead atoms. The Kier molecular flexibility index (Phi) is 6.18. The second-order valence-corrected chi connectivity index (χ2v) is 7.97. The average molecular weight is 453 g/mol. The summed E-state index contributed by atoms with van der Waals surface area (Å²) in [6.45, 7) is 1.80. The molecule has 8 heteroatoms. The van der Waals surface area contributed by atoms with Crippen LogP contribution < -0.4 is 19.5 Å². The molecule has 4 rings (SSSR count). The quantitative estimate of drug-likeness (QED) is 0.659. The number of carbonyl (C=O) groups is 2. The second kappa shape index (κ2) is 9.05. The number of hydrogen-bond donors (Lipinski definition) is 1. The molecular formula is C25H27NO7. The van der Waals surface area contributed by atoms with Crippen molar-refractivity contribution in [3.05, 3.63) is 64.4 Å². The van der Waals surface area contributed by atoms with E-state index in [1.807, 2.05) is 12.1 Å². The monoisotopic (exact) mass is 453 g/mol. The molecule has 0 radical (unpaired) electrons. The van der Waals surface area contributed by atoms with E-state index in [-0.39, 0.29) is 18.1 Å². The second-order valence-electron chi connectivity index (χ2n) is 7.97. The molecule has 1 N–H and O–H groups in total. The lowest BCUT2D eigenvalue weighted by molar-refractivity contribution is -0.136. The molecule has 1 aliphatic carbocycles. The molecule has 2 aromatic rings. The third-order valence-electron chi connectivity index (χ3n) is 6.23. The van der Waals surface area contributed by atoms with Crippen LogP contribution in [0.1, 0.15) is 42.9 Å². The molecule has 174 valence electrons. The van der Waals surface area contributed by atoms with Crippen LogP contribution >= 0.6 is 0 Å². The third kappa shape index (κ3) is 3.86. The van der Waals surface area contributed by atoms with Gasteiger partial charge in [0.05, 0.1) is 46.2 Å². The van der Waals surface area contributed by atoms with E-state index in [9.17, 15) is 9.59 Å². The molecule has 1 aliphatic heterocycles. The number of rotatable bonds is 6. The number of hydrogen-bond acceptors (Lipinski definition) is 8. The number of dihydropyridines is 1. The molecule has 2 aliphatic rings. The van der Waals surface area contributed by atoms with Crippen LogP contribution in [-0.4, -0.2) is 40.2 Å². The van der Waals surface area contributed by atoms with Crippen molar-refractivity contribution in [2.75, 3.05) is 28.4 Å². The fourth-order valence-electron chi connectivity index (χ4n) is 4.73. The molecular weight excluding hydrogens is 426 g/mol. The van der Waals surface area contributed by atoms with Gasteiger partial charge in [0.2, 0.25) is 0 Å². The number of carbonyl (C=O) groups excluding carboxylic acids is 2. The first kappa shape index (κ1) is 22.5. The first-order valence-corrected chi connectivity index (χ1v) is 10.6. The molecule has 0 fully saturated rings. The number of ether oxygens (including phenoxy) is 4. The predicted octanol–water partition coefficient (Wildman–Crippen LogP) is 3.84. The number of esters is 1. The van der Waals surface area contributed by atoms with Gasteiger partial charge in [-0.05, 0) is 31.5 Å². The van der Waals surface area contributed by atoms with E-state index in [1.54, 1.807) is 25.3 Å². The van der Waals surface area contributed by atoms with E-state index in [2.05, 4.69) is 5.32 Å². The van der Waals surface area contributed by atoms with Gasteiger partial charge in [0.25, 0.3) is 0 Å². The standard InChI is InChI=1S/C25H27NO7/c1-13-22(25(28)32-5)23(15-11-20(30-3)21(31-4)12-19(15)29-2)24-16(26-13)9-14(10-17(24)27)18-7-6-8-33-18/h6-8,11-12,14,23,26H,9-10H2,1-5H3. The van der Waals surface area contributed by atoms with Crippen molar-refractivity contribution in [3.8, 4) is 17.2 Å². The van der Waals surface area contributed by atoms with Gasteiger partial charge in [0.1, 0.15) is 11.5 Å². The molecule has 2 unspecified atom stereocenters. The Morgan fingerprint density at radius 3 is 2.33 bits per heavy atom. The molecule has 2 heterocycles. The van der Waals surface area contributed by atoms with Crippen molar-refractivity contribution >= 4 is 11.8 Å². The number of nitrogens with one attached hydrogen (secondary N) is 1. The number of furan rings is 1. The Morgan fingerprint density at radius 2 is 1.73 bits per heavy atom. The Balaban J connectivity index is 1.91. The zero-order valence-electron chi connectivity index (χ0n) is 19.3. The van der Waals surface area contributed by atoms with Gasteiger partial charge in [-0.25, -0.2) is 4.79 Å². The maximum Gasteiger partial charge on any atom is 0.336 e. The highest BCUT2D eigenvalue weighted by Gasteiger charge is 2.43. The first-order valence-electron chi connectivity index (χ1n) is 10.6. The van der Waals surface area contributed by atoms with Crippen LogP contribution in [0.15, 0.2) is 57.5 Å². The summed E-state index contributed by atoms with van der Waals surface area (Å²) in [5, 5.41) is 3.29. The van der Waals surface area contributed by atoms with Crippen molar-refractivity contribution in [2.45, 2.75) is 31.6 Å². The van der Waals surface area contributed by atoms with Crippen LogP contribution in [0.2, 0.25) is 0 Å². The van der Waals surface area contributed by atoms with Crippen molar-refractivity contribution in [1.29, 1.82) is 0 Å². The molecule has 33 heavy (non-hydrogen) atoms. The lowest BCUT2D eigenvalue weighted by Gasteiger charge is -2.36. The van der Waals surface area contributed by atoms with E-state index >= 15 is 0 Å². The normalized spacial score (nSPS) is 20.2. The van der Waals surface area contributed by atoms with Crippen LogP contribution in [0.3, 0.4) is 0 Å². The summed E-state index contributed by atoms with van der Waals surface area (Å²) < 4.78 is 27.2. The van der Waals surface area contributed by atoms with Gasteiger partial charge in [-0.3, -0.25) is 4.79 Å². The van der Waals surface area contributed by atoms with Crippen molar-refractivity contribution in [1.82, 2.24) is 5.32 Å². The minimum Gasteiger partial charge on any atom is -0.496 e. The smallest absolute Gasteiger partial charge is 0.336 e. The summed E-state index contributed by atoms with van der Waals surface area (Å²) in [6, 6.07) is 7.14. The van der Waals surface area contributed by atoms with Crippen molar-refractivity contribution in [3.63, 3.8) is 0 Å². The van der Waals surface area contributed by atoms with E-state index < -0.39 is 11.9 Å². The number of allylic oxidation sites excluding steroid dienone is 3. The molecule has 0 spiro atoms. The zero-order valence-corrected chi connectivity index (χ0v) is 19.3. The maximum absolute atomic E-state index is 13.5. The molecule has 0 amide bonds. The molecule has 8 nitrogen and oxygen atoms in total. The van der Waals surface area contributed by atoms with E-state index in [4.69, 9.17) is 23.4 Å². The molecule has 1 aromatic carbocycles. The topological polar surface area (TPSA) is 96.2 Å². The fraction of sp³-hybridized carbons (Fsp3) is 0.360. The van der Waals surface area contributed by atoms with Gasteiger partial charge in [0, 0.05) is 40.9 Å². The number of ketones is 1. The van der Waals surface area contributed by atoms with Crippen LogP contribution in [0.25, 0.3) is 0 Å². The third-order valence-corrected chi connectivity index (χ3v) is 6.23. The number of methoxy groups -OCH3 is 4. The molecule has 2 atom stereocenters. The minimum absolute atomic E-state index is 0.0686. The lowest BCUT2D eigenvalue weighted by atomic mass is 9.72. The Hall–Kier alpha value is -3.68. The lowest BCUT2D eigenvalue weighted by Crippen LogP contribution is -2.36. The predicted molar refractivity (Wildman–Crippen MR) is 119 cm³/mol. The Labute approximate surface area is 192 Å². The average Bonchev–Trinajstić information content (AvgIpc) is 3.36.